The molecule has 2 heterocycles. The van der Waals surface area contributed by atoms with Gasteiger partial charge in [0, 0.05) is 13.0 Å². The van der Waals surface area contributed by atoms with E-state index in [1.165, 1.54) is 0 Å². The maximum absolute atomic E-state index is 13.9. The molecule has 10 nitrogen and oxygen atoms in total. The van der Waals surface area contributed by atoms with Crippen LogP contribution in [0, 0.1) is 0 Å². The number of fused-ring (bicyclic) bond motifs is 1. The van der Waals surface area contributed by atoms with Crippen LogP contribution < -0.4 is 16.0 Å². The van der Waals surface area contributed by atoms with E-state index in [0.29, 0.717) is 50.6 Å². The summed E-state index contributed by atoms with van der Waals surface area (Å²) in [5, 5.41) is 8.67. The summed E-state index contributed by atoms with van der Waals surface area (Å²) in [7, 11) is 0. The van der Waals surface area contributed by atoms with Gasteiger partial charge in [-0.15, -0.1) is 0 Å². The van der Waals surface area contributed by atoms with Gasteiger partial charge in [0.15, 0.2) is 0 Å². The molecule has 45 heavy (non-hydrogen) atoms. The lowest BCUT2D eigenvalue weighted by atomic mass is 9.94. The quantitative estimate of drug-likeness (QED) is 0.261. The number of esters is 1. The first-order chi connectivity index (χ1) is 21.6. The van der Waals surface area contributed by atoms with Crippen LogP contribution in [0.1, 0.15) is 80.3 Å². The van der Waals surface area contributed by atoms with Crippen molar-refractivity contribution in [3.05, 3.63) is 77.9 Å². The van der Waals surface area contributed by atoms with Crippen molar-refractivity contribution in [2.24, 2.45) is 0 Å². The molecule has 10 heteroatoms. The topological polar surface area (TPSA) is 134 Å². The molecule has 0 aromatic heterocycles. The van der Waals surface area contributed by atoms with Crippen LogP contribution in [-0.2, 0) is 30.3 Å². The highest BCUT2D eigenvalue weighted by Gasteiger charge is 2.43. The smallest absolute Gasteiger partial charge is 0.338 e. The van der Waals surface area contributed by atoms with E-state index in [4.69, 9.17) is 4.74 Å². The van der Waals surface area contributed by atoms with Crippen LogP contribution in [0.5, 0.6) is 0 Å². The Balaban J connectivity index is 1.45. The van der Waals surface area contributed by atoms with Crippen molar-refractivity contribution >= 4 is 35.7 Å². The summed E-state index contributed by atoms with van der Waals surface area (Å²) >= 11 is 0. The van der Waals surface area contributed by atoms with Crippen LogP contribution in [0.15, 0.2) is 61.2 Å². The summed E-state index contributed by atoms with van der Waals surface area (Å²) in [5.74, 6) is -1.99. The van der Waals surface area contributed by atoms with Gasteiger partial charge in [0.25, 0.3) is 0 Å². The molecular formula is C35H44N4O6. The monoisotopic (exact) mass is 616 g/mol. The molecule has 2 aliphatic rings. The third-order valence-electron chi connectivity index (χ3n) is 8.72. The second kappa shape index (κ2) is 15.5. The number of carbonyl (C=O) groups is 5. The fraction of sp³-hybridized carbons (Fsp3) is 0.457. The predicted molar refractivity (Wildman–Crippen MR) is 171 cm³/mol. The molecule has 0 saturated carbocycles. The number of carbonyl (C=O) groups excluding carboxylic acids is 5. The first kappa shape index (κ1) is 33.4. The lowest BCUT2D eigenvalue weighted by molar-refractivity contribution is -0.144. The van der Waals surface area contributed by atoms with Crippen molar-refractivity contribution in [2.75, 3.05) is 13.2 Å². The summed E-state index contributed by atoms with van der Waals surface area (Å²) in [4.78, 5) is 68.4. The van der Waals surface area contributed by atoms with Crippen molar-refractivity contribution in [1.82, 2.24) is 20.9 Å². The number of unbranched alkanes of at least 4 members (excludes halogenated alkanes) is 2. The fourth-order valence-corrected chi connectivity index (χ4v) is 5.70. The average Bonchev–Trinajstić information content (AvgIpc) is 3.55. The van der Waals surface area contributed by atoms with Crippen LogP contribution >= 0.6 is 0 Å². The average molecular weight is 617 g/mol. The predicted octanol–water partition coefficient (Wildman–Crippen LogP) is 3.55. The molecule has 2 aliphatic heterocycles. The first-order valence-electron chi connectivity index (χ1n) is 15.8. The Kier molecular flexibility index (Phi) is 11.5. The Morgan fingerprint density at radius 2 is 1.71 bits per heavy atom. The normalized spacial score (nSPS) is 24.0. The molecule has 0 aliphatic carbocycles. The van der Waals surface area contributed by atoms with Gasteiger partial charge in [0.1, 0.15) is 23.7 Å². The van der Waals surface area contributed by atoms with Gasteiger partial charge in [0.05, 0.1) is 12.2 Å². The van der Waals surface area contributed by atoms with E-state index < -0.39 is 35.5 Å². The minimum absolute atomic E-state index is 0.240. The van der Waals surface area contributed by atoms with E-state index in [-0.39, 0.29) is 37.2 Å². The van der Waals surface area contributed by atoms with Crippen molar-refractivity contribution in [2.45, 2.75) is 88.9 Å². The highest BCUT2D eigenvalue weighted by Crippen LogP contribution is 2.22. The molecular weight excluding hydrogens is 572 g/mol. The molecule has 0 radical (unpaired) electrons. The minimum atomic E-state index is -1.31. The van der Waals surface area contributed by atoms with Crippen LogP contribution in [0.25, 0.3) is 6.08 Å². The van der Waals surface area contributed by atoms with Crippen molar-refractivity contribution in [1.29, 1.82) is 0 Å². The molecule has 2 fully saturated rings. The molecule has 3 N–H and O–H groups in total. The largest absolute Gasteiger partial charge is 0.462 e. The molecule has 4 rings (SSSR count). The van der Waals surface area contributed by atoms with E-state index in [1.54, 1.807) is 49.1 Å². The summed E-state index contributed by atoms with van der Waals surface area (Å²) in [5.41, 5.74) is 0.969. The Morgan fingerprint density at radius 3 is 2.40 bits per heavy atom. The van der Waals surface area contributed by atoms with E-state index >= 15 is 0 Å². The number of hydrogen-bond donors (Lipinski definition) is 3. The third kappa shape index (κ3) is 8.59. The van der Waals surface area contributed by atoms with Crippen LogP contribution in [0.3, 0.4) is 0 Å². The maximum Gasteiger partial charge on any atom is 0.338 e. The van der Waals surface area contributed by atoms with Gasteiger partial charge in [0.2, 0.25) is 23.6 Å². The first-order valence-corrected chi connectivity index (χ1v) is 15.8. The minimum Gasteiger partial charge on any atom is -0.462 e. The third-order valence-corrected chi connectivity index (χ3v) is 8.72. The highest BCUT2D eigenvalue weighted by atomic mass is 16.5. The molecule has 2 saturated heterocycles. The van der Waals surface area contributed by atoms with Gasteiger partial charge >= 0.3 is 5.97 Å². The lowest BCUT2D eigenvalue weighted by Gasteiger charge is -2.36. The molecule has 2 aromatic carbocycles. The number of ether oxygens (including phenoxy) is 1. The number of amides is 4. The molecule has 0 unspecified atom stereocenters. The summed E-state index contributed by atoms with van der Waals surface area (Å²) in [6, 6.07) is 13.8. The lowest BCUT2D eigenvalue weighted by Crippen LogP contribution is -2.65. The van der Waals surface area contributed by atoms with Crippen molar-refractivity contribution < 1.29 is 28.7 Å². The number of hydrogen-bond acceptors (Lipinski definition) is 6. The van der Waals surface area contributed by atoms with Gasteiger partial charge in [-0.25, -0.2) is 4.79 Å². The van der Waals surface area contributed by atoms with E-state index in [0.717, 1.165) is 11.1 Å². The maximum atomic E-state index is 13.9. The summed E-state index contributed by atoms with van der Waals surface area (Å²) < 4.78 is 5.34. The Morgan fingerprint density at radius 1 is 0.978 bits per heavy atom. The molecule has 0 spiro atoms. The fourth-order valence-electron chi connectivity index (χ4n) is 5.70. The van der Waals surface area contributed by atoms with Gasteiger partial charge in [-0.05, 0) is 68.7 Å². The number of nitrogens with one attached hydrogen (secondary N) is 3. The van der Waals surface area contributed by atoms with Crippen molar-refractivity contribution in [3.8, 4) is 0 Å². The molecule has 0 bridgehead atoms. The second-order valence-electron chi connectivity index (χ2n) is 12.0. The van der Waals surface area contributed by atoms with Crippen molar-refractivity contribution in [3.63, 3.8) is 0 Å². The number of nitrogens with zero attached hydrogens (tertiary/aromatic N) is 1. The Bertz CT molecular complexity index is 1380. The number of rotatable bonds is 11. The Hall–Kier alpha value is -4.47. The standard InChI is InChI=1S/C35H44N4O6/c1-4-24-17-19-25(20-18-24)23-28-32(42)39-21-12-16-29(39)31(41)36-27(30(40)38-35(3,5-2)34(44)37-28)15-10-7-11-22-45-33(43)26-13-8-6-9-14-26/h4,6,8-9,13-14,17-20,27-29H,1,5,7,10-12,15-16,21-23H2,2-3H3,(H,36,41)(H,37,44)(H,38,40)/t27-,28-,29+,35-/m0/s1. The van der Waals surface area contributed by atoms with Crippen LogP contribution in [0.2, 0.25) is 0 Å². The SMILES string of the molecule is C=Cc1ccc(C[C@@H]2NC(=O)[C@](C)(CC)NC(=O)[C@H](CCCCCOC(=O)c3ccccc3)NC(=O)[C@H]3CCCN3C2=O)cc1. The van der Waals surface area contributed by atoms with E-state index in [9.17, 15) is 24.0 Å². The van der Waals surface area contributed by atoms with E-state index in [1.807, 2.05) is 30.3 Å². The zero-order valence-electron chi connectivity index (χ0n) is 26.2. The molecule has 4 atom stereocenters. The molecule has 4 amide bonds. The van der Waals surface area contributed by atoms with Gasteiger partial charge in [-0.3, -0.25) is 19.2 Å². The van der Waals surface area contributed by atoms with Gasteiger partial charge in [-0.2, -0.15) is 0 Å². The molecule has 240 valence electrons. The summed E-state index contributed by atoms with van der Waals surface area (Å²) in [6.07, 6.45) is 5.53. The second-order valence-corrected chi connectivity index (χ2v) is 12.0. The number of benzene rings is 2. The van der Waals surface area contributed by atoms with Crippen LogP contribution in [0.4, 0.5) is 0 Å². The van der Waals surface area contributed by atoms with Crippen LogP contribution in [-0.4, -0.2) is 71.3 Å². The zero-order valence-corrected chi connectivity index (χ0v) is 26.2. The summed E-state index contributed by atoms with van der Waals surface area (Å²) in [6.45, 7) is 7.82. The van der Waals surface area contributed by atoms with E-state index in [2.05, 4.69) is 22.5 Å². The zero-order chi connectivity index (χ0) is 32.4. The molecule has 2 aromatic rings. The van der Waals surface area contributed by atoms with Gasteiger partial charge < -0.3 is 25.6 Å². The van der Waals surface area contributed by atoms with Gasteiger partial charge in [-0.1, -0.05) is 68.5 Å². The Labute approximate surface area is 265 Å². The highest BCUT2D eigenvalue weighted by molar-refractivity contribution is 5.99.